The van der Waals surface area contributed by atoms with E-state index >= 15 is 0 Å². The van der Waals surface area contributed by atoms with Crippen molar-refractivity contribution in [2.75, 3.05) is 0 Å². The van der Waals surface area contributed by atoms with Crippen LogP contribution in [0.3, 0.4) is 0 Å². The van der Waals surface area contributed by atoms with Gasteiger partial charge in [-0.3, -0.25) is 0 Å². The Morgan fingerprint density at radius 1 is 1.39 bits per heavy atom. The molecule has 3 heteroatoms. The number of aliphatic hydroxyl groups is 1. The average molecular weight is 329 g/mol. The van der Waals surface area contributed by atoms with Gasteiger partial charge in [0.1, 0.15) is 0 Å². The fraction of sp³-hybridized carbons (Fsp3) is 0.733. The van der Waals surface area contributed by atoms with Crippen LogP contribution >= 0.6 is 27.3 Å². The van der Waals surface area contributed by atoms with E-state index in [0.717, 1.165) is 10.2 Å². The number of rotatable bonds is 2. The molecule has 0 saturated heterocycles. The van der Waals surface area contributed by atoms with Crippen LogP contribution < -0.4 is 0 Å². The lowest BCUT2D eigenvalue weighted by Crippen LogP contribution is -2.55. The molecule has 1 N–H and O–H groups in total. The Morgan fingerprint density at radius 3 is 2.61 bits per heavy atom. The van der Waals surface area contributed by atoms with E-state index < -0.39 is 5.60 Å². The van der Waals surface area contributed by atoms with Crippen molar-refractivity contribution in [2.24, 2.45) is 16.7 Å². The van der Waals surface area contributed by atoms with Crippen molar-refractivity contribution in [2.45, 2.75) is 52.1 Å². The predicted octanol–water partition coefficient (Wildman–Crippen LogP) is 4.63. The number of halogens is 1. The molecule has 2 saturated carbocycles. The Balaban J connectivity index is 1.97. The highest BCUT2D eigenvalue weighted by atomic mass is 79.9. The lowest BCUT2D eigenvalue weighted by molar-refractivity contribution is -0.141. The lowest BCUT2D eigenvalue weighted by Gasteiger charge is -2.50. The van der Waals surface area contributed by atoms with Crippen molar-refractivity contribution >= 4 is 27.3 Å². The molecule has 0 spiro atoms. The lowest BCUT2D eigenvalue weighted by atomic mass is 9.59. The molecule has 2 fully saturated rings. The van der Waals surface area contributed by atoms with Gasteiger partial charge in [0, 0.05) is 11.3 Å². The smallest absolute Gasteiger partial charge is 0.0802 e. The van der Waals surface area contributed by atoms with Gasteiger partial charge in [-0.05, 0) is 64.1 Å². The van der Waals surface area contributed by atoms with E-state index in [9.17, 15) is 5.11 Å². The number of hydrogen-bond acceptors (Lipinski definition) is 2. The zero-order valence-corrected chi connectivity index (χ0v) is 13.7. The molecular weight excluding hydrogens is 308 g/mol. The molecule has 3 rings (SSSR count). The quantitative estimate of drug-likeness (QED) is 0.839. The standard InChI is InChI=1S/C15H21BrOS/c1-13(2)10-6-7-14(3,8-10)15(13,17)9-11-4-5-12(16)18-11/h4-5,10,17H,6-9H2,1-3H3. The maximum Gasteiger partial charge on any atom is 0.0802 e. The minimum absolute atomic E-state index is 0.0382. The number of thiophene rings is 1. The van der Waals surface area contributed by atoms with Gasteiger partial charge in [-0.1, -0.05) is 20.8 Å². The van der Waals surface area contributed by atoms with Gasteiger partial charge in [-0.2, -0.15) is 0 Å². The topological polar surface area (TPSA) is 20.2 Å². The molecule has 3 unspecified atom stereocenters. The predicted molar refractivity (Wildman–Crippen MR) is 79.9 cm³/mol. The Hall–Kier alpha value is 0.140. The summed E-state index contributed by atoms with van der Waals surface area (Å²) < 4.78 is 1.16. The monoisotopic (exact) mass is 328 g/mol. The molecule has 1 aromatic rings. The van der Waals surface area contributed by atoms with Crippen molar-refractivity contribution in [1.82, 2.24) is 0 Å². The van der Waals surface area contributed by atoms with Crippen LogP contribution in [0, 0.1) is 16.7 Å². The summed E-state index contributed by atoms with van der Waals surface area (Å²) in [6.07, 6.45) is 4.48. The molecule has 1 nitrogen and oxygen atoms in total. The highest BCUT2D eigenvalue weighted by Gasteiger charge is 2.68. The van der Waals surface area contributed by atoms with E-state index in [1.807, 2.05) is 0 Å². The molecule has 1 heterocycles. The van der Waals surface area contributed by atoms with Crippen LogP contribution in [0.25, 0.3) is 0 Å². The molecule has 0 amide bonds. The SMILES string of the molecule is CC12CCC(C1)C(C)(C)C2(O)Cc1ccc(Br)s1. The molecule has 100 valence electrons. The molecule has 18 heavy (non-hydrogen) atoms. The summed E-state index contributed by atoms with van der Waals surface area (Å²) in [5.74, 6) is 0.691. The first kappa shape index (κ1) is 13.1. The minimum Gasteiger partial charge on any atom is -0.388 e. The Kier molecular flexibility index (Phi) is 2.80. The van der Waals surface area contributed by atoms with Gasteiger partial charge >= 0.3 is 0 Å². The Bertz CT molecular complexity index is 474. The molecule has 1 aromatic heterocycles. The summed E-state index contributed by atoms with van der Waals surface area (Å²) in [6, 6.07) is 4.24. The van der Waals surface area contributed by atoms with Gasteiger partial charge in [0.25, 0.3) is 0 Å². The molecule has 2 aliphatic rings. The maximum absolute atomic E-state index is 11.4. The van der Waals surface area contributed by atoms with Crippen LogP contribution in [0.1, 0.15) is 44.9 Å². The third-order valence-electron chi connectivity index (χ3n) is 5.89. The van der Waals surface area contributed by atoms with Crippen molar-refractivity contribution in [1.29, 1.82) is 0 Å². The third kappa shape index (κ3) is 1.53. The van der Waals surface area contributed by atoms with E-state index in [2.05, 4.69) is 48.8 Å². The Morgan fingerprint density at radius 2 is 2.11 bits per heavy atom. The normalized spacial score (nSPS) is 41.5. The van der Waals surface area contributed by atoms with Crippen LogP contribution in [-0.2, 0) is 6.42 Å². The first-order valence-electron chi connectivity index (χ1n) is 6.75. The van der Waals surface area contributed by atoms with Crippen LogP contribution in [0.15, 0.2) is 15.9 Å². The zero-order chi connectivity index (χ0) is 13.2. The van der Waals surface area contributed by atoms with Crippen LogP contribution in [0.2, 0.25) is 0 Å². The van der Waals surface area contributed by atoms with E-state index in [1.165, 1.54) is 24.1 Å². The van der Waals surface area contributed by atoms with Crippen molar-refractivity contribution in [3.63, 3.8) is 0 Å². The first-order valence-corrected chi connectivity index (χ1v) is 8.36. The van der Waals surface area contributed by atoms with Crippen LogP contribution in [0.4, 0.5) is 0 Å². The number of fused-ring (bicyclic) bond motifs is 2. The fourth-order valence-corrected chi connectivity index (χ4v) is 6.05. The first-order chi connectivity index (χ1) is 8.28. The van der Waals surface area contributed by atoms with Crippen LogP contribution in [0.5, 0.6) is 0 Å². The molecule has 2 bridgehead atoms. The van der Waals surface area contributed by atoms with E-state index in [4.69, 9.17) is 0 Å². The summed E-state index contributed by atoms with van der Waals surface area (Å²) in [5.41, 5.74) is -0.401. The number of hydrogen-bond donors (Lipinski definition) is 1. The highest BCUT2D eigenvalue weighted by molar-refractivity contribution is 9.11. The van der Waals surface area contributed by atoms with Gasteiger partial charge in [0.05, 0.1) is 9.39 Å². The summed E-state index contributed by atoms with van der Waals surface area (Å²) in [6.45, 7) is 6.83. The molecule has 0 radical (unpaired) electrons. The largest absolute Gasteiger partial charge is 0.388 e. The van der Waals surface area contributed by atoms with E-state index in [0.29, 0.717) is 5.92 Å². The zero-order valence-electron chi connectivity index (χ0n) is 11.3. The second-order valence-electron chi connectivity index (χ2n) is 6.96. The summed E-state index contributed by atoms with van der Waals surface area (Å²) in [7, 11) is 0. The van der Waals surface area contributed by atoms with E-state index in [1.54, 1.807) is 11.3 Å². The average Bonchev–Trinajstić information content (AvgIpc) is 2.88. The molecule has 3 atom stereocenters. The highest BCUT2D eigenvalue weighted by Crippen LogP contribution is 2.68. The fourth-order valence-electron chi connectivity index (χ4n) is 4.49. The van der Waals surface area contributed by atoms with Crippen LogP contribution in [-0.4, -0.2) is 10.7 Å². The molecular formula is C15H21BrOS. The minimum atomic E-state index is -0.548. The van der Waals surface area contributed by atoms with Gasteiger partial charge in [-0.25, -0.2) is 0 Å². The molecule has 0 aromatic carbocycles. The van der Waals surface area contributed by atoms with Gasteiger partial charge < -0.3 is 5.11 Å². The van der Waals surface area contributed by atoms with Gasteiger partial charge in [0.2, 0.25) is 0 Å². The maximum atomic E-state index is 11.4. The van der Waals surface area contributed by atoms with Crippen molar-refractivity contribution < 1.29 is 5.11 Å². The van der Waals surface area contributed by atoms with Crippen molar-refractivity contribution in [3.8, 4) is 0 Å². The van der Waals surface area contributed by atoms with E-state index in [-0.39, 0.29) is 10.8 Å². The molecule has 2 aliphatic carbocycles. The second kappa shape index (κ2) is 3.83. The second-order valence-corrected chi connectivity index (χ2v) is 9.51. The van der Waals surface area contributed by atoms with Gasteiger partial charge in [-0.15, -0.1) is 11.3 Å². The van der Waals surface area contributed by atoms with Crippen molar-refractivity contribution in [3.05, 3.63) is 20.8 Å². The summed E-state index contributed by atoms with van der Waals surface area (Å²) in [4.78, 5) is 1.30. The van der Waals surface area contributed by atoms with Gasteiger partial charge in [0.15, 0.2) is 0 Å². The third-order valence-corrected chi connectivity index (χ3v) is 7.51. The molecule has 0 aliphatic heterocycles. The summed E-state index contributed by atoms with van der Waals surface area (Å²) in [5, 5.41) is 11.4. The Labute approximate surface area is 122 Å². The summed E-state index contributed by atoms with van der Waals surface area (Å²) >= 11 is 5.28.